The summed E-state index contributed by atoms with van der Waals surface area (Å²) < 4.78 is 34.2. The summed E-state index contributed by atoms with van der Waals surface area (Å²) in [6, 6.07) is 3.72. The fourth-order valence-corrected chi connectivity index (χ4v) is 5.47. The standard InChI is InChI=1S/C20H28N4O4S/c1-13-20(29(26,27)23(3)11-17-5-4-10-28-17)14(2)24(22-13)12-18(25)21-19(15-6-7-15)16-8-9-16/h4-5,10,15-16,19H,6-9,11-12H2,1-3H3,(H,21,25). The maximum atomic E-state index is 13.1. The molecule has 0 aliphatic heterocycles. The second kappa shape index (κ2) is 7.60. The first-order chi connectivity index (χ1) is 13.8. The number of aromatic nitrogens is 2. The summed E-state index contributed by atoms with van der Waals surface area (Å²) in [5.74, 6) is 1.67. The summed E-state index contributed by atoms with van der Waals surface area (Å²) in [4.78, 5) is 12.8. The van der Waals surface area contributed by atoms with Crippen LogP contribution in [-0.2, 0) is 27.9 Å². The normalized spacial score (nSPS) is 17.3. The first kappa shape index (κ1) is 20.2. The summed E-state index contributed by atoms with van der Waals surface area (Å²) in [7, 11) is -2.25. The Morgan fingerprint density at radius 2 is 1.97 bits per heavy atom. The Balaban J connectivity index is 1.48. The number of aryl methyl sites for hydroxylation is 1. The van der Waals surface area contributed by atoms with E-state index in [1.54, 1.807) is 26.0 Å². The zero-order valence-corrected chi connectivity index (χ0v) is 17.9. The van der Waals surface area contributed by atoms with E-state index in [-0.39, 0.29) is 29.9 Å². The van der Waals surface area contributed by atoms with Crippen LogP contribution in [0.3, 0.4) is 0 Å². The lowest BCUT2D eigenvalue weighted by atomic mass is 10.1. The van der Waals surface area contributed by atoms with E-state index in [2.05, 4.69) is 10.4 Å². The topological polar surface area (TPSA) is 97.4 Å². The van der Waals surface area contributed by atoms with Crippen LogP contribution in [-0.4, -0.2) is 41.5 Å². The van der Waals surface area contributed by atoms with Crippen molar-refractivity contribution in [2.24, 2.45) is 11.8 Å². The fraction of sp³-hybridized carbons (Fsp3) is 0.600. The van der Waals surface area contributed by atoms with E-state index < -0.39 is 10.0 Å². The molecular formula is C20H28N4O4S. The molecule has 2 heterocycles. The van der Waals surface area contributed by atoms with Crippen LogP contribution < -0.4 is 5.32 Å². The number of amides is 1. The number of sulfonamides is 1. The van der Waals surface area contributed by atoms with Crippen LogP contribution in [0.2, 0.25) is 0 Å². The minimum atomic E-state index is -3.76. The van der Waals surface area contributed by atoms with E-state index in [1.807, 2.05) is 0 Å². The molecule has 0 atom stereocenters. The van der Waals surface area contributed by atoms with Crippen LogP contribution in [0.25, 0.3) is 0 Å². The third-order valence-electron chi connectivity index (χ3n) is 5.82. The Morgan fingerprint density at radius 1 is 1.31 bits per heavy atom. The number of hydrogen-bond donors (Lipinski definition) is 1. The van der Waals surface area contributed by atoms with E-state index in [0.717, 1.165) is 0 Å². The predicted octanol–water partition coefficient (Wildman–Crippen LogP) is 2.22. The largest absolute Gasteiger partial charge is 0.468 e. The van der Waals surface area contributed by atoms with Crippen molar-refractivity contribution in [2.75, 3.05) is 7.05 Å². The van der Waals surface area contributed by atoms with Gasteiger partial charge in [0.15, 0.2) is 0 Å². The van der Waals surface area contributed by atoms with Crippen molar-refractivity contribution >= 4 is 15.9 Å². The molecule has 2 fully saturated rings. The Labute approximate surface area is 171 Å². The van der Waals surface area contributed by atoms with Gasteiger partial charge in [-0.3, -0.25) is 9.48 Å². The highest BCUT2D eigenvalue weighted by Gasteiger charge is 2.42. The Hall–Kier alpha value is -2.13. The van der Waals surface area contributed by atoms with Gasteiger partial charge in [0.25, 0.3) is 0 Å². The average molecular weight is 421 g/mol. The van der Waals surface area contributed by atoms with Gasteiger partial charge in [-0.05, 0) is 63.5 Å². The van der Waals surface area contributed by atoms with Gasteiger partial charge in [-0.1, -0.05) is 0 Å². The number of rotatable bonds is 9. The van der Waals surface area contributed by atoms with Crippen LogP contribution in [0.1, 0.15) is 42.8 Å². The molecule has 1 N–H and O–H groups in total. The predicted molar refractivity (Wildman–Crippen MR) is 106 cm³/mol. The molecule has 9 heteroatoms. The molecule has 0 unspecified atom stereocenters. The Kier molecular flexibility index (Phi) is 5.29. The highest BCUT2D eigenvalue weighted by Crippen LogP contribution is 2.44. The van der Waals surface area contributed by atoms with Crippen molar-refractivity contribution in [3.05, 3.63) is 35.5 Å². The van der Waals surface area contributed by atoms with Gasteiger partial charge in [0, 0.05) is 13.1 Å². The maximum absolute atomic E-state index is 13.1. The molecule has 2 aromatic heterocycles. The smallest absolute Gasteiger partial charge is 0.246 e. The van der Waals surface area contributed by atoms with E-state index in [9.17, 15) is 13.2 Å². The summed E-state index contributed by atoms with van der Waals surface area (Å²) in [5, 5.41) is 7.52. The lowest BCUT2D eigenvalue weighted by molar-refractivity contribution is -0.122. The summed E-state index contributed by atoms with van der Waals surface area (Å²) in [6.45, 7) is 3.51. The van der Waals surface area contributed by atoms with E-state index in [0.29, 0.717) is 29.0 Å². The van der Waals surface area contributed by atoms with Gasteiger partial charge >= 0.3 is 0 Å². The molecule has 2 aliphatic rings. The molecule has 4 rings (SSSR count). The van der Waals surface area contributed by atoms with Crippen molar-refractivity contribution in [2.45, 2.75) is 63.6 Å². The van der Waals surface area contributed by atoms with Gasteiger partial charge in [0.2, 0.25) is 15.9 Å². The third-order valence-corrected chi connectivity index (χ3v) is 7.88. The number of nitrogens with zero attached hydrogens (tertiary/aromatic N) is 3. The van der Waals surface area contributed by atoms with Crippen molar-refractivity contribution in [3.63, 3.8) is 0 Å². The average Bonchev–Trinajstić information content (AvgIpc) is 3.58. The molecule has 29 heavy (non-hydrogen) atoms. The number of carbonyl (C=O) groups excluding carboxylic acids is 1. The van der Waals surface area contributed by atoms with Gasteiger partial charge in [-0.15, -0.1) is 0 Å². The van der Waals surface area contributed by atoms with Gasteiger partial charge in [0.05, 0.1) is 24.2 Å². The lowest BCUT2D eigenvalue weighted by Crippen LogP contribution is -2.40. The monoisotopic (exact) mass is 420 g/mol. The summed E-state index contributed by atoms with van der Waals surface area (Å²) >= 11 is 0. The number of carbonyl (C=O) groups is 1. The molecule has 8 nitrogen and oxygen atoms in total. The number of nitrogens with one attached hydrogen (secondary N) is 1. The molecule has 2 aliphatic carbocycles. The molecule has 0 spiro atoms. The molecule has 0 radical (unpaired) electrons. The maximum Gasteiger partial charge on any atom is 0.246 e. The highest BCUT2D eigenvalue weighted by atomic mass is 32.2. The molecule has 158 valence electrons. The molecule has 2 aromatic rings. The zero-order chi connectivity index (χ0) is 20.8. The van der Waals surface area contributed by atoms with Crippen LogP contribution in [0.4, 0.5) is 0 Å². The first-order valence-electron chi connectivity index (χ1n) is 10.1. The molecule has 1 amide bonds. The zero-order valence-electron chi connectivity index (χ0n) is 17.1. The molecular weight excluding hydrogens is 392 g/mol. The van der Waals surface area contributed by atoms with Crippen LogP contribution in [0.5, 0.6) is 0 Å². The molecule has 2 saturated carbocycles. The molecule has 0 bridgehead atoms. The summed E-state index contributed by atoms with van der Waals surface area (Å²) in [6.07, 6.45) is 6.26. The number of furan rings is 1. The number of hydrogen-bond acceptors (Lipinski definition) is 5. The highest BCUT2D eigenvalue weighted by molar-refractivity contribution is 7.89. The van der Waals surface area contributed by atoms with Gasteiger partial charge in [-0.2, -0.15) is 9.40 Å². The second-order valence-corrected chi connectivity index (χ2v) is 10.2. The van der Waals surface area contributed by atoms with Crippen LogP contribution >= 0.6 is 0 Å². The SMILES string of the molecule is Cc1nn(CC(=O)NC(C2CC2)C2CC2)c(C)c1S(=O)(=O)N(C)Cc1ccco1. The van der Waals surface area contributed by atoms with Crippen molar-refractivity contribution in [3.8, 4) is 0 Å². The summed E-state index contributed by atoms with van der Waals surface area (Å²) in [5.41, 5.74) is 0.862. The fourth-order valence-electron chi connectivity index (χ4n) is 3.97. The lowest BCUT2D eigenvalue weighted by Gasteiger charge is -2.18. The molecule has 0 aromatic carbocycles. The van der Waals surface area contributed by atoms with Gasteiger partial charge < -0.3 is 9.73 Å². The van der Waals surface area contributed by atoms with E-state index >= 15 is 0 Å². The van der Waals surface area contributed by atoms with Crippen LogP contribution in [0, 0.1) is 25.7 Å². The first-order valence-corrected chi connectivity index (χ1v) is 11.5. The van der Waals surface area contributed by atoms with Crippen molar-refractivity contribution in [1.29, 1.82) is 0 Å². The molecule has 0 saturated heterocycles. The second-order valence-electron chi connectivity index (χ2n) is 8.27. The van der Waals surface area contributed by atoms with Crippen molar-refractivity contribution in [1.82, 2.24) is 19.4 Å². The minimum absolute atomic E-state index is 0.0278. The Morgan fingerprint density at radius 3 is 2.52 bits per heavy atom. The van der Waals surface area contributed by atoms with Crippen molar-refractivity contribution < 1.29 is 17.6 Å². The van der Waals surface area contributed by atoms with Gasteiger partial charge in [-0.25, -0.2) is 8.42 Å². The van der Waals surface area contributed by atoms with Gasteiger partial charge in [0.1, 0.15) is 17.2 Å². The van der Waals surface area contributed by atoms with Crippen LogP contribution in [0.15, 0.2) is 27.7 Å². The minimum Gasteiger partial charge on any atom is -0.468 e. The third kappa shape index (κ3) is 4.25. The van der Waals surface area contributed by atoms with E-state index in [1.165, 1.54) is 48.0 Å². The quantitative estimate of drug-likeness (QED) is 0.671. The van der Waals surface area contributed by atoms with E-state index in [4.69, 9.17) is 4.42 Å². The Bertz CT molecular complexity index is 976.